The highest BCUT2D eigenvalue weighted by molar-refractivity contribution is 5.96. The third kappa shape index (κ3) is 2.43. The molecule has 3 heteroatoms. The average molecular weight is 233 g/mol. The minimum absolute atomic E-state index is 0.0411. The minimum atomic E-state index is -0.185. The van der Waals surface area contributed by atoms with Gasteiger partial charge in [-0.3, -0.25) is 4.79 Å². The van der Waals surface area contributed by atoms with Crippen molar-refractivity contribution in [3.63, 3.8) is 0 Å². The van der Waals surface area contributed by atoms with Crippen LogP contribution in [0.4, 0.5) is 0 Å². The normalized spacial score (nSPS) is 16.9. The van der Waals surface area contributed by atoms with E-state index in [0.717, 1.165) is 0 Å². The molecule has 0 atom stereocenters. The summed E-state index contributed by atoms with van der Waals surface area (Å²) in [6.07, 6.45) is 2.37. The van der Waals surface area contributed by atoms with Crippen molar-refractivity contribution in [2.24, 2.45) is 11.3 Å². The molecule has 1 amide bonds. The Morgan fingerprint density at radius 3 is 2.59 bits per heavy atom. The Morgan fingerprint density at radius 1 is 1.41 bits per heavy atom. The van der Waals surface area contributed by atoms with Gasteiger partial charge in [0.2, 0.25) is 0 Å². The van der Waals surface area contributed by atoms with Gasteiger partial charge in [-0.05, 0) is 36.3 Å². The van der Waals surface area contributed by atoms with Crippen LogP contribution in [0.15, 0.2) is 24.3 Å². The van der Waals surface area contributed by atoms with E-state index >= 15 is 0 Å². The van der Waals surface area contributed by atoms with Gasteiger partial charge in [0.25, 0.3) is 5.91 Å². The molecular weight excluding hydrogens is 214 g/mol. The number of para-hydroxylation sites is 1. The van der Waals surface area contributed by atoms with Crippen LogP contribution in [0.5, 0.6) is 5.75 Å². The maximum atomic E-state index is 11.9. The molecule has 0 aromatic heterocycles. The van der Waals surface area contributed by atoms with Crippen LogP contribution in [0.2, 0.25) is 0 Å². The molecule has 1 aliphatic rings. The molecule has 2 rings (SSSR count). The molecule has 1 aliphatic carbocycles. The van der Waals surface area contributed by atoms with Crippen LogP contribution >= 0.6 is 0 Å². The van der Waals surface area contributed by atoms with Gasteiger partial charge in [0, 0.05) is 6.54 Å². The predicted molar refractivity (Wildman–Crippen MR) is 66.9 cm³/mol. The van der Waals surface area contributed by atoms with E-state index in [9.17, 15) is 9.90 Å². The molecule has 1 aromatic carbocycles. The summed E-state index contributed by atoms with van der Waals surface area (Å²) in [5.41, 5.74) is 0.645. The fourth-order valence-electron chi connectivity index (χ4n) is 2.14. The van der Waals surface area contributed by atoms with E-state index in [2.05, 4.69) is 19.2 Å². The summed E-state index contributed by atoms with van der Waals surface area (Å²) in [6, 6.07) is 6.64. The van der Waals surface area contributed by atoms with Gasteiger partial charge in [0.15, 0.2) is 0 Å². The van der Waals surface area contributed by atoms with Gasteiger partial charge in [0.05, 0.1) is 5.56 Å². The molecule has 0 saturated heterocycles. The van der Waals surface area contributed by atoms with Crippen molar-refractivity contribution in [2.45, 2.75) is 26.7 Å². The summed E-state index contributed by atoms with van der Waals surface area (Å²) in [4.78, 5) is 11.9. The highest BCUT2D eigenvalue weighted by atomic mass is 16.3. The van der Waals surface area contributed by atoms with Gasteiger partial charge in [-0.1, -0.05) is 26.0 Å². The summed E-state index contributed by atoms with van der Waals surface area (Å²) in [6.45, 7) is 5.09. The molecular formula is C14H19NO2. The first-order valence-electron chi connectivity index (χ1n) is 6.11. The number of aromatic hydroxyl groups is 1. The zero-order valence-electron chi connectivity index (χ0n) is 10.4. The lowest BCUT2D eigenvalue weighted by atomic mass is 9.92. The molecule has 0 spiro atoms. The lowest BCUT2D eigenvalue weighted by Gasteiger charge is -2.20. The molecule has 2 N–H and O–H groups in total. The van der Waals surface area contributed by atoms with Gasteiger partial charge in [-0.15, -0.1) is 0 Å². The first-order valence-corrected chi connectivity index (χ1v) is 6.11. The van der Waals surface area contributed by atoms with Gasteiger partial charge in [-0.25, -0.2) is 0 Å². The van der Waals surface area contributed by atoms with Gasteiger partial charge < -0.3 is 10.4 Å². The summed E-state index contributed by atoms with van der Waals surface area (Å²) in [7, 11) is 0. The average Bonchev–Trinajstić information content (AvgIpc) is 3.07. The molecule has 0 bridgehead atoms. The molecule has 3 nitrogen and oxygen atoms in total. The highest BCUT2D eigenvalue weighted by Gasteiger charge is 2.45. The topological polar surface area (TPSA) is 49.3 Å². The number of hydrogen-bond acceptors (Lipinski definition) is 2. The largest absolute Gasteiger partial charge is 0.507 e. The Balaban J connectivity index is 1.97. The Labute approximate surface area is 102 Å². The molecule has 0 radical (unpaired) electrons. The number of carbonyl (C=O) groups excluding carboxylic acids is 1. The second-order valence-corrected chi connectivity index (χ2v) is 5.22. The number of benzene rings is 1. The lowest BCUT2D eigenvalue weighted by molar-refractivity contribution is 0.0937. The lowest BCUT2D eigenvalue weighted by Crippen LogP contribution is -2.32. The first kappa shape index (κ1) is 12.0. The van der Waals surface area contributed by atoms with Gasteiger partial charge >= 0.3 is 0 Å². The van der Waals surface area contributed by atoms with Gasteiger partial charge in [0.1, 0.15) is 5.75 Å². The molecule has 17 heavy (non-hydrogen) atoms. The smallest absolute Gasteiger partial charge is 0.255 e. The Morgan fingerprint density at radius 2 is 2.06 bits per heavy atom. The van der Waals surface area contributed by atoms with Crippen LogP contribution in [0, 0.1) is 11.3 Å². The SMILES string of the molecule is CC(C)C1(CNC(=O)c2ccccc2O)CC1. The van der Waals surface area contributed by atoms with Crippen LogP contribution in [-0.4, -0.2) is 17.6 Å². The standard InChI is InChI=1S/C14H19NO2/c1-10(2)14(7-8-14)9-15-13(17)11-5-3-4-6-12(11)16/h3-6,10,16H,7-9H2,1-2H3,(H,15,17). The van der Waals surface area contributed by atoms with Crippen LogP contribution in [0.3, 0.4) is 0 Å². The Bertz CT molecular complexity index is 422. The van der Waals surface area contributed by atoms with Crippen LogP contribution in [-0.2, 0) is 0 Å². The fourth-order valence-corrected chi connectivity index (χ4v) is 2.14. The molecule has 0 heterocycles. The van der Waals surface area contributed by atoms with Crippen molar-refractivity contribution in [1.29, 1.82) is 0 Å². The second kappa shape index (κ2) is 4.40. The van der Waals surface area contributed by atoms with E-state index in [1.54, 1.807) is 18.2 Å². The van der Waals surface area contributed by atoms with Gasteiger partial charge in [-0.2, -0.15) is 0 Å². The van der Waals surface area contributed by atoms with Crippen molar-refractivity contribution in [2.75, 3.05) is 6.54 Å². The fraction of sp³-hybridized carbons (Fsp3) is 0.500. The molecule has 92 valence electrons. The Hall–Kier alpha value is -1.51. The van der Waals surface area contributed by atoms with E-state index in [-0.39, 0.29) is 11.7 Å². The van der Waals surface area contributed by atoms with Crippen molar-refractivity contribution in [3.05, 3.63) is 29.8 Å². The number of phenols is 1. The molecule has 1 saturated carbocycles. The number of amides is 1. The van der Waals surface area contributed by atoms with E-state index in [1.807, 2.05) is 0 Å². The van der Waals surface area contributed by atoms with Crippen molar-refractivity contribution < 1.29 is 9.90 Å². The number of hydrogen-bond donors (Lipinski definition) is 2. The van der Waals surface area contributed by atoms with Crippen LogP contribution in [0.25, 0.3) is 0 Å². The summed E-state index contributed by atoms with van der Waals surface area (Å²) < 4.78 is 0. The van der Waals surface area contributed by atoms with E-state index in [4.69, 9.17) is 0 Å². The third-order valence-corrected chi connectivity index (χ3v) is 3.87. The summed E-state index contributed by atoms with van der Waals surface area (Å²) >= 11 is 0. The molecule has 0 unspecified atom stereocenters. The summed E-state index contributed by atoms with van der Waals surface area (Å²) in [5.74, 6) is 0.446. The maximum Gasteiger partial charge on any atom is 0.255 e. The maximum absolute atomic E-state index is 11.9. The monoisotopic (exact) mass is 233 g/mol. The number of phenolic OH excluding ortho intramolecular Hbond substituents is 1. The zero-order valence-corrected chi connectivity index (χ0v) is 10.4. The summed E-state index contributed by atoms with van der Waals surface area (Å²) in [5, 5.41) is 12.5. The zero-order chi connectivity index (χ0) is 12.5. The van der Waals surface area contributed by atoms with E-state index in [0.29, 0.717) is 23.4 Å². The Kier molecular flexibility index (Phi) is 3.09. The number of nitrogens with one attached hydrogen (secondary N) is 1. The van der Waals surface area contributed by atoms with Crippen LogP contribution in [0.1, 0.15) is 37.0 Å². The number of rotatable bonds is 4. The molecule has 1 aromatic rings. The predicted octanol–water partition coefficient (Wildman–Crippen LogP) is 2.56. The van der Waals surface area contributed by atoms with Crippen LogP contribution < -0.4 is 5.32 Å². The van der Waals surface area contributed by atoms with Crippen molar-refractivity contribution in [1.82, 2.24) is 5.32 Å². The van der Waals surface area contributed by atoms with E-state index in [1.165, 1.54) is 18.9 Å². The van der Waals surface area contributed by atoms with Crippen molar-refractivity contribution >= 4 is 5.91 Å². The first-order chi connectivity index (χ1) is 8.05. The van der Waals surface area contributed by atoms with Crippen molar-refractivity contribution in [3.8, 4) is 5.75 Å². The highest BCUT2D eigenvalue weighted by Crippen LogP contribution is 2.51. The minimum Gasteiger partial charge on any atom is -0.507 e. The third-order valence-electron chi connectivity index (χ3n) is 3.87. The second-order valence-electron chi connectivity index (χ2n) is 5.22. The van der Waals surface area contributed by atoms with E-state index < -0.39 is 0 Å². The number of carbonyl (C=O) groups is 1. The molecule has 0 aliphatic heterocycles. The quantitative estimate of drug-likeness (QED) is 0.839. The molecule has 1 fully saturated rings.